The number of nitrogens with two attached hydrogens (primary N) is 1. The molecule has 0 bridgehead atoms. The molecule has 2 aliphatic rings. The topological polar surface area (TPSA) is 84.1 Å². The van der Waals surface area contributed by atoms with Crippen molar-refractivity contribution in [1.82, 2.24) is 9.55 Å². The van der Waals surface area contributed by atoms with Gasteiger partial charge >= 0.3 is 11.9 Å². The molecular formula is C19H21F5N4O2. The highest BCUT2D eigenvalue weighted by molar-refractivity contribution is 5.90. The fourth-order valence-electron chi connectivity index (χ4n) is 4.44. The maximum Gasteiger partial charge on any atom is 0.404 e. The van der Waals surface area contributed by atoms with Crippen LogP contribution < -0.4 is 21.9 Å². The molecule has 4 rings (SSSR count). The highest BCUT2D eigenvalue weighted by Gasteiger charge is 2.49. The molecule has 3 N–H and O–H groups in total. The predicted octanol–water partition coefficient (Wildman–Crippen LogP) is 2.44. The Kier molecular flexibility index (Phi) is 4.72. The molecule has 1 aromatic heterocycles. The number of benzene rings is 1. The van der Waals surface area contributed by atoms with Gasteiger partial charge in [0.05, 0.1) is 16.6 Å². The molecule has 1 aromatic carbocycles. The number of alkyl halides is 4. The van der Waals surface area contributed by atoms with Crippen molar-refractivity contribution < 1.29 is 22.0 Å². The number of H-pyrrole nitrogens is 1. The lowest BCUT2D eigenvalue weighted by atomic mass is 9.98. The van der Waals surface area contributed by atoms with Crippen LogP contribution in [0.25, 0.3) is 10.9 Å². The van der Waals surface area contributed by atoms with Crippen molar-refractivity contribution in [1.29, 1.82) is 0 Å². The second-order valence-corrected chi connectivity index (χ2v) is 8.15. The number of aromatic amines is 1. The summed E-state index contributed by atoms with van der Waals surface area (Å²) >= 11 is 0. The van der Waals surface area contributed by atoms with E-state index < -0.39 is 54.5 Å². The third-order valence-corrected chi connectivity index (χ3v) is 6.12. The van der Waals surface area contributed by atoms with Gasteiger partial charge in [0.25, 0.3) is 5.56 Å². The van der Waals surface area contributed by atoms with E-state index in [0.717, 1.165) is 0 Å². The zero-order valence-corrected chi connectivity index (χ0v) is 16.3. The molecule has 2 heterocycles. The number of aromatic nitrogens is 2. The molecule has 0 spiro atoms. The second-order valence-electron chi connectivity index (χ2n) is 8.15. The third-order valence-electron chi connectivity index (χ3n) is 6.12. The minimum Gasteiger partial charge on any atom is -0.366 e. The van der Waals surface area contributed by atoms with E-state index in [2.05, 4.69) is 4.98 Å². The lowest BCUT2D eigenvalue weighted by Crippen LogP contribution is -2.47. The van der Waals surface area contributed by atoms with Gasteiger partial charge < -0.3 is 10.6 Å². The van der Waals surface area contributed by atoms with Crippen LogP contribution in [-0.4, -0.2) is 41.0 Å². The van der Waals surface area contributed by atoms with E-state index in [1.54, 1.807) is 0 Å². The minimum atomic E-state index is -4.78. The van der Waals surface area contributed by atoms with Crippen LogP contribution in [0.2, 0.25) is 0 Å². The number of aryl methyl sites for hydroxylation is 2. The first-order valence-corrected chi connectivity index (χ1v) is 9.62. The van der Waals surface area contributed by atoms with Gasteiger partial charge in [-0.05, 0) is 26.7 Å². The third kappa shape index (κ3) is 3.10. The van der Waals surface area contributed by atoms with Gasteiger partial charge in [-0.25, -0.2) is 13.6 Å². The number of nitrogens with zero attached hydrogens (tertiary/aromatic N) is 2. The Hall–Kier alpha value is -2.43. The molecule has 0 radical (unpaired) electrons. The molecule has 2 aromatic rings. The summed E-state index contributed by atoms with van der Waals surface area (Å²) in [6, 6.07) is -2.53. The van der Waals surface area contributed by atoms with Crippen molar-refractivity contribution in [2.45, 2.75) is 51.1 Å². The largest absolute Gasteiger partial charge is 0.404 e. The van der Waals surface area contributed by atoms with Gasteiger partial charge in [0.2, 0.25) is 0 Å². The molecule has 6 nitrogen and oxygen atoms in total. The Morgan fingerprint density at radius 1 is 1.13 bits per heavy atom. The average Bonchev–Trinajstić information content (AvgIpc) is 3.40. The summed E-state index contributed by atoms with van der Waals surface area (Å²) in [6.07, 6.45) is -5.26. The van der Waals surface area contributed by atoms with Crippen LogP contribution in [-0.2, 0) is 0 Å². The van der Waals surface area contributed by atoms with Crippen molar-refractivity contribution in [2.24, 2.45) is 11.7 Å². The molecule has 1 saturated carbocycles. The summed E-state index contributed by atoms with van der Waals surface area (Å²) < 4.78 is 70.2. The Balaban J connectivity index is 1.90. The lowest BCUT2D eigenvalue weighted by molar-refractivity contribution is -0.161. The summed E-state index contributed by atoms with van der Waals surface area (Å²) in [6.45, 7) is 1.96. The zero-order valence-electron chi connectivity index (χ0n) is 16.3. The molecule has 3 unspecified atom stereocenters. The van der Waals surface area contributed by atoms with E-state index in [-0.39, 0.29) is 33.8 Å². The van der Waals surface area contributed by atoms with Gasteiger partial charge in [-0.1, -0.05) is 0 Å². The standard InChI is InChI=1S/C19H21F5N4O2/c1-7-12-14(28(9-3-4-9)18(30)26-17(12)29)8(2)15(13(7)21)27-5-10(11(20)6-27)16(25)19(22,23)24/h9-11,16H,3-6,25H2,1-2H3,(H,26,29,30). The predicted molar refractivity (Wildman–Crippen MR) is 101 cm³/mol. The number of fused-ring (bicyclic) bond motifs is 1. The summed E-state index contributed by atoms with van der Waals surface area (Å²) in [7, 11) is 0. The van der Waals surface area contributed by atoms with Crippen LogP contribution >= 0.6 is 0 Å². The first kappa shape index (κ1) is 20.8. The van der Waals surface area contributed by atoms with E-state index >= 15 is 4.39 Å². The van der Waals surface area contributed by atoms with Crippen LogP contribution in [0.3, 0.4) is 0 Å². The van der Waals surface area contributed by atoms with Crippen molar-refractivity contribution in [3.8, 4) is 0 Å². The normalized spacial score (nSPS) is 23.4. The Morgan fingerprint density at radius 3 is 2.33 bits per heavy atom. The van der Waals surface area contributed by atoms with Gasteiger partial charge in [0, 0.05) is 36.2 Å². The maximum atomic E-state index is 15.3. The number of hydrogen-bond acceptors (Lipinski definition) is 4. The monoisotopic (exact) mass is 432 g/mol. The van der Waals surface area contributed by atoms with E-state index in [9.17, 15) is 27.2 Å². The van der Waals surface area contributed by atoms with E-state index in [4.69, 9.17) is 5.73 Å². The van der Waals surface area contributed by atoms with Gasteiger partial charge in [-0.3, -0.25) is 14.3 Å². The van der Waals surface area contributed by atoms with E-state index in [1.165, 1.54) is 23.3 Å². The second kappa shape index (κ2) is 6.79. The van der Waals surface area contributed by atoms with E-state index in [0.29, 0.717) is 12.8 Å². The molecule has 1 aliphatic carbocycles. The quantitative estimate of drug-likeness (QED) is 0.730. The van der Waals surface area contributed by atoms with Crippen molar-refractivity contribution >= 4 is 16.6 Å². The SMILES string of the molecule is Cc1c(F)c(N2CC(F)C(C(N)C(F)(F)F)C2)c(C)c2c1c(=O)[nH]c(=O)n2C1CC1. The maximum absolute atomic E-state index is 15.3. The van der Waals surface area contributed by atoms with Crippen molar-refractivity contribution in [3.63, 3.8) is 0 Å². The molecule has 3 atom stereocenters. The number of nitrogens with one attached hydrogen (secondary N) is 1. The van der Waals surface area contributed by atoms with Gasteiger partial charge in [-0.15, -0.1) is 0 Å². The minimum absolute atomic E-state index is 0.0137. The highest BCUT2D eigenvalue weighted by Crippen LogP contribution is 2.41. The summed E-state index contributed by atoms with van der Waals surface area (Å²) in [5.41, 5.74) is 4.17. The smallest absolute Gasteiger partial charge is 0.366 e. The van der Waals surface area contributed by atoms with Crippen molar-refractivity contribution in [2.75, 3.05) is 18.0 Å². The van der Waals surface area contributed by atoms with Gasteiger partial charge in [0.15, 0.2) is 5.82 Å². The molecule has 2 fully saturated rings. The highest BCUT2D eigenvalue weighted by atomic mass is 19.4. The Morgan fingerprint density at radius 2 is 1.77 bits per heavy atom. The lowest BCUT2D eigenvalue weighted by Gasteiger charge is -2.26. The first-order valence-electron chi connectivity index (χ1n) is 9.62. The molecule has 1 aliphatic heterocycles. The molecule has 164 valence electrons. The summed E-state index contributed by atoms with van der Waals surface area (Å²) in [5, 5.41) is 0.0137. The number of anilines is 1. The molecule has 0 amide bonds. The van der Waals surface area contributed by atoms with E-state index in [1.807, 2.05) is 0 Å². The Labute approximate surface area is 167 Å². The number of rotatable bonds is 3. The first-order chi connectivity index (χ1) is 13.9. The van der Waals surface area contributed by atoms with Crippen LogP contribution in [0.15, 0.2) is 9.59 Å². The van der Waals surface area contributed by atoms with Gasteiger partial charge in [0.1, 0.15) is 12.2 Å². The van der Waals surface area contributed by atoms with Crippen LogP contribution in [0.1, 0.15) is 30.0 Å². The fraction of sp³-hybridized carbons (Fsp3) is 0.579. The molecule has 1 saturated heterocycles. The van der Waals surface area contributed by atoms with Crippen LogP contribution in [0, 0.1) is 25.6 Å². The van der Waals surface area contributed by atoms with Crippen LogP contribution in [0.4, 0.5) is 27.6 Å². The molecular weight excluding hydrogens is 411 g/mol. The van der Waals surface area contributed by atoms with Crippen LogP contribution in [0.5, 0.6) is 0 Å². The van der Waals surface area contributed by atoms with Crippen molar-refractivity contribution in [3.05, 3.63) is 37.8 Å². The molecule has 30 heavy (non-hydrogen) atoms. The van der Waals surface area contributed by atoms with Gasteiger partial charge in [-0.2, -0.15) is 13.2 Å². The Bertz CT molecular complexity index is 1140. The molecule has 11 heteroatoms. The average molecular weight is 432 g/mol. The number of hydrogen-bond donors (Lipinski definition) is 2. The summed E-state index contributed by atoms with van der Waals surface area (Å²) in [5.74, 6) is -2.37. The number of halogens is 5. The summed E-state index contributed by atoms with van der Waals surface area (Å²) in [4.78, 5) is 28.2. The fourth-order valence-corrected chi connectivity index (χ4v) is 4.44. The zero-order chi connectivity index (χ0) is 22.1.